The molecule has 0 bridgehead atoms. The second-order valence-corrected chi connectivity index (χ2v) is 4.75. The van der Waals surface area contributed by atoms with Crippen molar-refractivity contribution in [1.29, 1.82) is 0 Å². The van der Waals surface area contributed by atoms with Gasteiger partial charge in [0.05, 0.1) is 16.8 Å². The lowest BCUT2D eigenvalue weighted by Gasteiger charge is -2.10. The second-order valence-electron chi connectivity index (χ2n) is 4.75. The highest BCUT2D eigenvalue weighted by Gasteiger charge is 2.29. The van der Waals surface area contributed by atoms with E-state index in [9.17, 15) is 22.8 Å². The van der Waals surface area contributed by atoms with Gasteiger partial charge in [-0.3, -0.25) is 5.32 Å². The molecule has 0 saturated heterocycles. The van der Waals surface area contributed by atoms with Gasteiger partial charge in [-0.2, -0.15) is 13.2 Å². The molecule has 2 aromatic rings. The number of ether oxygens (including phenoxy) is 1. The van der Waals surface area contributed by atoms with E-state index in [1.54, 1.807) is 0 Å². The van der Waals surface area contributed by atoms with Crippen molar-refractivity contribution < 1.29 is 32.6 Å². The van der Waals surface area contributed by atoms with Crippen molar-refractivity contribution in [2.45, 2.75) is 12.8 Å². The first-order valence-corrected chi connectivity index (χ1v) is 6.69. The lowest BCUT2D eigenvalue weighted by molar-refractivity contribution is -0.137. The van der Waals surface area contributed by atoms with Crippen molar-refractivity contribution in [1.82, 2.24) is 0 Å². The minimum absolute atomic E-state index is 0.0578. The fourth-order valence-electron chi connectivity index (χ4n) is 1.86. The van der Waals surface area contributed by atoms with Crippen LogP contribution in [-0.4, -0.2) is 17.2 Å². The predicted octanol–water partition coefficient (Wildman–Crippen LogP) is 4.15. The third-order valence-corrected chi connectivity index (χ3v) is 3.05. The minimum atomic E-state index is -4.43. The maximum atomic E-state index is 12.4. The average molecular weight is 339 g/mol. The molecule has 0 aromatic heterocycles. The summed E-state index contributed by atoms with van der Waals surface area (Å²) in [6.45, 7) is -0.251. The number of carboxylic acid groups (broad SMARTS) is 1. The Bertz CT molecular complexity index is 742. The van der Waals surface area contributed by atoms with Gasteiger partial charge in [0.15, 0.2) is 0 Å². The van der Waals surface area contributed by atoms with Gasteiger partial charge in [0, 0.05) is 0 Å². The first kappa shape index (κ1) is 17.3. The average Bonchev–Trinajstić information content (AvgIpc) is 2.53. The Balaban J connectivity index is 1.96. The quantitative estimate of drug-likeness (QED) is 0.877. The molecule has 2 rings (SSSR count). The summed E-state index contributed by atoms with van der Waals surface area (Å²) in [6.07, 6.45) is -5.35. The van der Waals surface area contributed by atoms with E-state index >= 15 is 0 Å². The maximum absolute atomic E-state index is 12.4. The molecule has 1 amide bonds. The van der Waals surface area contributed by atoms with Crippen LogP contribution in [0.5, 0.6) is 0 Å². The number of benzene rings is 2. The normalized spacial score (nSPS) is 11.0. The Morgan fingerprint density at radius 1 is 1.04 bits per heavy atom. The molecule has 24 heavy (non-hydrogen) atoms. The number of carboxylic acids is 1. The lowest BCUT2D eigenvalue weighted by Crippen LogP contribution is -2.16. The third kappa shape index (κ3) is 4.48. The Morgan fingerprint density at radius 3 is 2.25 bits per heavy atom. The number of aromatic carboxylic acids is 1. The molecule has 0 aliphatic rings. The molecule has 0 aliphatic heterocycles. The first-order chi connectivity index (χ1) is 11.3. The number of nitrogens with one attached hydrogen (secondary N) is 1. The van der Waals surface area contributed by atoms with E-state index in [0.717, 1.165) is 12.1 Å². The summed E-state index contributed by atoms with van der Waals surface area (Å²) in [5.41, 5.74) is -0.484. The van der Waals surface area contributed by atoms with E-state index < -0.39 is 23.8 Å². The first-order valence-electron chi connectivity index (χ1n) is 6.69. The molecule has 0 atom stereocenters. The molecule has 2 aromatic carbocycles. The zero-order chi connectivity index (χ0) is 17.7. The van der Waals surface area contributed by atoms with Gasteiger partial charge in [0.2, 0.25) is 0 Å². The number of amides is 1. The fraction of sp³-hybridized carbons (Fsp3) is 0.125. The van der Waals surface area contributed by atoms with E-state index in [0.29, 0.717) is 5.56 Å². The van der Waals surface area contributed by atoms with Crippen molar-refractivity contribution >= 4 is 17.7 Å². The van der Waals surface area contributed by atoms with Crippen LogP contribution in [0.4, 0.5) is 23.7 Å². The molecule has 0 radical (unpaired) electrons. The Morgan fingerprint density at radius 2 is 1.67 bits per heavy atom. The second kappa shape index (κ2) is 7.03. The van der Waals surface area contributed by atoms with Crippen LogP contribution in [-0.2, 0) is 17.5 Å². The monoisotopic (exact) mass is 339 g/mol. The van der Waals surface area contributed by atoms with Crippen molar-refractivity contribution in [3.8, 4) is 0 Å². The molecule has 0 heterocycles. The van der Waals surface area contributed by atoms with Gasteiger partial charge in [0.25, 0.3) is 0 Å². The zero-order valence-corrected chi connectivity index (χ0v) is 12.1. The standard InChI is InChI=1S/C16H12F3NO4/c17-16(18,19)11-7-5-10(6-8-11)9-24-15(23)20-13-4-2-1-3-12(13)14(21)22/h1-8H,9H2,(H,20,23)(H,21,22). The van der Waals surface area contributed by atoms with E-state index in [2.05, 4.69) is 5.32 Å². The largest absolute Gasteiger partial charge is 0.478 e. The summed E-state index contributed by atoms with van der Waals surface area (Å²) >= 11 is 0. The van der Waals surface area contributed by atoms with E-state index in [4.69, 9.17) is 9.84 Å². The van der Waals surface area contributed by atoms with Crippen LogP contribution in [0, 0.1) is 0 Å². The molecular weight excluding hydrogens is 327 g/mol. The molecule has 5 nitrogen and oxygen atoms in total. The van der Waals surface area contributed by atoms with Gasteiger partial charge in [-0.15, -0.1) is 0 Å². The number of alkyl halides is 3. The molecular formula is C16H12F3NO4. The van der Waals surface area contributed by atoms with Crippen LogP contribution in [0.1, 0.15) is 21.5 Å². The Kier molecular flexibility index (Phi) is 5.08. The van der Waals surface area contributed by atoms with Gasteiger partial charge in [-0.05, 0) is 29.8 Å². The zero-order valence-electron chi connectivity index (χ0n) is 12.1. The number of hydrogen-bond donors (Lipinski definition) is 2. The molecule has 126 valence electrons. The lowest BCUT2D eigenvalue weighted by atomic mass is 10.1. The van der Waals surface area contributed by atoms with Crippen molar-refractivity contribution in [3.63, 3.8) is 0 Å². The van der Waals surface area contributed by atoms with Crippen LogP contribution in [0.15, 0.2) is 48.5 Å². The summed E-state index contributed by atoms with van der Waals surface area (Å²) in [6, 6.07) is 9.91. The summed E-state index contributed by atoms with van der Waals surface area (Å²) in [5, 5.41) is 11.3. The number of para-hydroxylation sites is 1. The highest BCUT2D eigenvalue weighted by atomic mass is 19.4. The smallest absolute Gasteiger partial charge is 0.416 e. The van der Waals surface area contributed by atoms with Gasteiger partial charge >= 0.3 is 18.2 Å². The summed E-state index contributed by atoms with van der Waals surface area (Å²) < 4.78 is 42.2. The van der Waals surface area contributed by atoms with Crippen LogP contribution >= 0.6 is 0 Å². The minimum Gasteiger partial charge on any atom is -0.478 e. The number of carbonyl (C=O) groups is 2. The molecule has 0 aliphatic carbocycles. The van der Waals surface area contributed by atoms with Crippen molar-refractivity contribution in [2.24, 2.45) is 0 Å². The topological polar surface area (TPSA) is 75.6 Å². The highest BCUT2D eigenvalue weighted by molar-refractivity contribution is 5.98. The van der Waals surface area contributed by atoms with Gasteiger partial charge in [-0.1, -0.05) is 24.3 Å². The number of hydrogen-bond acceptors (Lipinski definition) is 3. The molecule has 8 heteroatoms. The van der Waals surface area contributed by atoms with E-state index in [-0.39, 0.29) is 17.9 Å². The summed E-state index contributed by atoms with van der Waals surface area (Å²) in [4.78, 5) is 22.7. The number of anilines is 1. The Labute approximate surface area is 134 Å². The van der Waals surface area contributed by atoms with Gasteiger partial charge in [0.1, 0.15) is 6.61 Å². The van der Waals surface area contributed by atoms with Crippen molar-refractivity contribution in [2.75, 3.05) is 5.32 Å². The molecule has 0 unspecified atom stereocenters. The third-order valence-electron chi connectivity index (χ3n) is 3.05. The number of rotatable bonds is 4. The molecule has 0 spiro atoms. The van der Waals surface area contributed by atoms with Crippen LogP contribution in [0.3, 0.4) is 0 Å². The van der Waals surface area contributed by atoms with E-state index in [1.807, 2.05) is 0 Å². The van der Waals surface area contributed by atoms with Crippen LogP contribution < -0.4 is 5.32 Å². The highest BCUT2D eigenvalue weighted by Crippen LogP contribution is 2.29. The maximum Gasteiger partial charge on any atom is 0.416 e. The van der Waals surface area contributed by atoms with Crippen molar-refractivity contribution in [3.05, 3.63) is 65.2 Å². The molecule has 0 fully saturated rings. The summed E-state index contributed by atoms with van der Waals surface area (Å²) in [5.74, 6) is -1.21. The predicted molar refractivity (Wildman–Crippen MR) is 78.7 cm³/mol. The van der Waals surface area contributed by atoms with Gasteiger partial charge in [-0.25, -0.2) is 9.59 Å². The van der Waals surface area contributed by atoms with Crippen LogP contribution in [0.2, 0.25) is 0 Å². The van der Waals surface area contributed by atoms with Gasteiger partial charge < -0.3 is 9.84 Å². The van der Waals surface area contributed by atoms with E-state index in [1.165, 1.54) is 36.4 Å². The SMILES string of the molecule is O=C(Nc1ccccc1C(=O)O)OCc1ccc(C(F)(F)F)cc1. The fourth-order valence-corrected chi connectivity index (χ4v) is 1.86. The number of carbonyl (C=O) groups excluding carboxylic acids is 1. The number of halogens is 3. The van der Waals surface area contributed by atoms with Crippen LogP contribution in [0.25, 0.3) is 0 Å². The summed E-state index contributed by atoms with van der Waals surface area (Å²) in [7, 11) is 0. The molecule has 2 N–H and O–H groups in total. The molecule has 0 saturated carbocycles. The Hall–Kier alpha value is -3.03.